The van der Waals surface area contributed by atoms with Gasteiger partial charge in [-0.15, -0.1) is 0 Å². The van der Waals surface area contributed by atoms with Gasteiger partial charge in [-0.2, -0.15) is 13.1 Å². The number of aromatic nitrogens is 2. The van der Waals surface area contributed by atoms with E-state index in [1.165, 1.54) is 22.5 Å². The Balaban J connectivity index is 1.55. The van der Waals surface area contributed by atoms with Crippen molar-refractivity contribution in [1.29, 1.82) is 0 Å². The summed E-state index contributed by atoms with van der Waals surface area (Å²) in [4.78, 5) is 24.2. The summed E-state index contributed by atoms with van der Waals surface area (Å²) in [5.41, 5.74) is 1.00. The van der Waals surface area contributed by atoms with E-state index in [-0.39, 0.29) is 22.7 Å². The number of rotatable bonds is 5. The Morgan fingerprint density at radius 2 is 1.93 bits per heavy atom. The Morgan fingerprint density at radius 1 is 1.13 bits per heavy atom. The van der Waals surface area contributed by atoms with E-state index in [4.69, 9.17) is 0 Å². The second-order valence-electron chi connectivity index (χ2n) is 6.93. The maximum atomic E-state index is 13.2. The minimum Gasteiger partial charge on any atom is -0.478 e. The standard InChI is InChI=1S/C19H18N4O5S2/c24-18(20-14-7-2-1-6-13(14)19(25)26)12-5-4-10-23(11-12)30(27,28)16-9-3-8-15-17(16)22-29-21-15/h1-3,6-9,12H,4-5,10-11H2,(H,20,24)(H,25,26). The number of carbonyl (C=O) groups is 2. The highest BCUT2D eigenvalue weighted by molar-refractivity contribution is 7.89. The van der Waals surface area contributed by atoms with E-state index in [0.29, 0.717) is 30.4 Å². The van der Waals surface area contributed by atoms with Crippen LogP contribution in [0.5, 0.6) is 0 Å². The molecular weight excluding hydrogens is 428 g/mol. The van der Waals surface area contributed by atoms with Gasteiger partial charge in [0.05, 0.1) is 28.9 Å². The van der Waals surface area contributed by atoms with Gasteiger partial charge in [-0.25, -0.2) is 13.2 Å². The van der Waals surface area contributed by atoms with Crippen molar-refractivity contribution in [2.75, 3.05) is 18.4 Å². The Hall–Kier alpha value is -2.89. The molecule has 1 amide bonds. The number of carboxylic acid groups (broad SMARTS) is 1. The smallest absolute Gasteiger partial charge is 0.337 e. The molecule has 2 N–H and O–H groups in total. The van der Waals surface area contributed by atoms with Crippen LogP contribution in [0, 0.1) is 5.92 Å². The van der Waals surface area contributed by atoms with Gasteiger partial charge in [0.1, 0.15) is 15.9 Å². The molecule has 1 fully saturated rings. The van der Waals surface area contributed by atoms with Gasteiger partial charge in [0.15, 0.2) is 0 Å². The summed E-state index contributed by atoms with van der Waals surface area (Å²) in [7, 11) is -3.86. The lowest BCUT2D eigenvalue weighted by molar-refractivity contribution is -0.120. The van der Waals surface area contributed by atoms with Crippen LogP contribution in [0.3, 0.4) is 0 Å². The van der Waals surface area contributed by atoms with Crippen molar-refractivity contribution < 1.29 is 23.1 Å². The second-order valence-corrected chi connectivity index (χ2v) is 9.37. The number of amides is 1. The average molecular weight is 447 g/mol. The molecule has 156 valence electrons. The summed E-state index contributed by atoms with van der Waals surface area (Å²) in [6.45, 7) is 0.309. The van der Waals surface area contributed by atoms with Crippen molar-refractivity contribution in [1.82, 2.24) is 13.1 Å². The highest BCUT2D eigenvalue weighted by atomic mass is 32.2. The van der Waals surface area contributed by atoms with Crippen LogP contribution in [0.15, 0.2) is 47.4 Å². The van der Waals surface area contributed by atoms with Gasteiger partial charge in [0.2, 0.25) is 15.9 Å². The molecule has 9 nitrogen and oxygen atoms in total. The molecule has 2 aromatic carbocycles. The predicted octanol–water partition coefficient (Wildman–Crippen LogP) is 2.43. The number of sulfonamides is 1. The fourth-order valence-corrected chi connectivity index (χ4v) is 5.79. The molecule has 1 aliphatic heterocycles. The SMILES string of the molecule is O=C(O)c1ccccc1NC(=O)C1CCCN(S(=O)(=O)c2cccc3nsnc23)C1. The van der Waals surface area contributed by atoms with E-state index < -0.39 is 27.8 Å². The molecular formula is C19H18N4O5S2. The van der Waals surface area contributed by atoms with Crippen LogP contribution >= 0.6 is 11.7 Å². The second kappa shape index (κ2) is 8.09. The molecule has 4 rings (SSSR count). The van der Waals surface area contributed by atoms with Gasteiger partial charge in [-0.05, 0) is 37.1 Å². The minimum absolute atomic E-state index is 0.0113. The number of benzene rings is 2. The van der Waals surface area contributed by atoms with Crippen LogP contribution < -0.4 is 5.32 Å². The largest absolute Gasteiger partial charge is 0.478 e. The van der Waals surface area contributed by atoms with Crippen molar-refractivity contribution >= 4 is 50.3 Å². The number of piperidine rings is 1. The molecule has 1 aliphatic rings. The molecule has 0 spiro atoms. The normalized spacial score (nSPS) is 17.7. The number of hydrogen-bond acceptors (Lipinski definition) is 7. The molecule has 11 heteroatoms. The predicted molar refractivity (Wildman–Crippen MR) is 111 cm³/mol. The van der Waals surface area contributed by atoms with Gasteiger partial charge in [-0.1, -0.05) is 18.2 Å². The van der Waals surface area contributed by atoms with Gasteiger partial charge in [0, 0.05) is 13.1 Å². The first kappa shape index (κ1) is 20.4. The average Bonchev–Trinajstić information content (AvgIpc) is 3.23. The van der Waals surface area contributed by atoms with E-state index in [9.17, 15) is 23.1 Å². The summed E-state index contributed by atoms with van der Waals surface area (Å²) in [6, 6.07) is 10.9. The molecule has 0 saturated carbocycles. The van der Waals surface area contributed by atoms with Gasteiger partial charge in [-0.3, -0.25) is 4.79 Å². The molecule has 1 unspecified atom stereocenters. The summed E-state index contributed by atoms with van der Waals surface area (Å²) in [5.74, 6) is -2.15. The van der Waals surface area contributed by atoms with Gasteiger partial charge < -0.3 is 10.4 Å². The zero-order valence-corrected chi connectivity index (χ0v) is 17.3. The highest BCUT2D eigenvalue weighted by Crippen LogP contribution is 2.29. The van der Waals surface area contributed by atoms with Crippen molar-refractivity contribution in [3.8, 4) is 0 Å². The Bertz CT molecular complexity index is 1220. The van der Waals surface area contributed by atoms with Gasteiger partial charge >= 0.3 is 5.97 Å². The molecule has 0 aliphatic carbocycles. The maximum absolute atomic E-state index is 13.2. The zero-order chi connectivity index (χ0) is 21.3. The number of aromatic carboxylic acids is 1. The Labute approximate surface area is 176 Å². The lowest BCUT2D eigenvalue weighted by atomic mass is 9.98. The van der Waals surface area contributed by atoms with E-state index in [0.717, 1.165) is 11.7 Å². The molecule has 2 heterocycles. The molecule has 3 aromatic rings. The summed E-state index contributed by atoms with van der Waals surface area (Å²) < 4.78 is 35.9. The first-order valence-corrected chi connectivity index (χ1v) is 11.4. The number of nitrogens with zero attached hydrogens (tertiary/aromatic N) is 3. The number of nitrogens with one attached hydrogen (secondary N) is 1. The lowest BCUT2D eigenvalue weighted by Gasteiger charge is -2.31. The fraction of sp³-hybridized carbons (Fsp3) is 0.263. The lowest BCUT2D eigenvalue weighted by Crippen LogP contribution is -2.43. The van der Waals surface area contributed by atoms with Crippen LogP contribution in [-0.4, -0.2) is 51.5 Å². The third-order valence-electron chi connectivity index (χ3n) is 5.04. The van der Waals surface area contributed by atoms with Crippen molar-refractivity contribution in [2.45, 2.75) is 17.7 Å². The third-order valence-corrected chi connectivity index (χ3v) is 7.48. The molecule has 1 saturated heterocycles. The Morgan fingerprint density at radius 3 is 2.73 bits per heavy atom. The zero-order valence-electron chi connectivity index (χ0n) is 15.7. The molecule has 1 aromatic heterocycles. The molecule has 30 heavy (non-hydrogen) atoms. The number of carboxylic acids is 1. The highest BCUT2D eigenvalue weighted by Gasteiger charge is 2.35. The van der Waals surface area contributed by atoms with E-state index in [1.807, 2.05) is 0 Å². The van der Waals surface area contributed by atoms with Crippen LogP contribution in [0.2, 0.25) is 0 Å². The monoisotopic (exact) mass is 446 g/mol. The number of anilines is 1. The quantitative estimate of drug-likeness (QED) is 0.616. The molecule has 0 bridgehead atoms. The molecule has 1 atom stereocenters. The van der Waals surface area contributed by atoms with E-state index in [1.54, 1.807) is 24.3 Å². The number of para-hydroxylation sites is 1. The third kappa shape index (κ3) is 3.78. The number of hydrogen-bond donors (Lipinski definition) is 2. The summed E-state index contributed by atoms with van der Waals surface area (Å²) in [5, 5.41) is 11.9. The van der Waals surface area contributed by atoms with Gasteiger partial charge in [0.25, 0.3) is 0 Å². The Kier molecular flexibility index (Phi) is 5.50. The summed E-state index contributed by atoms with van der Waals surface area (Å²) in [6.07, 6.45) is 1.03. The minimum atomic E-state index is -3.86. The first-order chi connectivity index (χ1) is 14.4. The van der Waals surface area contributed by atoms with Crippen molar-refractivity contribution in [3.63, 3.8) is 0 Å². The van der Waals surface area contributed by atoms with Crippen molar-refractivity contribution in [3.05, 3.63) is 48.0 Å². The summed E-state index contributed by atoms with van der Waals surface area (Å²) >= 11 is 0.945. The topological polar surface area (TPSA) is 130 Å². The first-order valence-electron chi connectivity index (χ1n) is 9.22. The molecule has 0 radical (unpaired) electrons. The van der Waals surface area contributed by atoms with Crippen LogP contribution in [0.1, 0.15) is 23.2 Å². The van der Waals surface area contributed by atoms with E-state index >= 15 is 0 Å². The fourth-order valence-electron chi connectivity index (χ4n) is 3.52. The van der Waals surface area contributed by atoms with E-state index in [2.05, 4.69) is 14.1 Å². The van der Waals surface area contributed by atoms with Crippen LogP contribution in [-0.2, 0) is 14.8 Å². The van der Waals surface area contributed by atoms with Crippen molar-refractivity contribution in [2.24, 2.45) is 5.92 Å². The van der Waals surface area contributed by atoms with Crippen LogP contribution in [0.4, 0.5) is 5.69 Å². The maximum Gasteiger partial charge on any atom is 0.337 e. The number of fused-ring (bicyclic) bond motifs is 1. The van der Waals surface area contributed by atoms with Crippen LogP contribution in [0.25, 0.3) is 11.0 Å². The number of carbonyl (C=O) groups excluding carboxylic acids is 1.